The predicted molar refractivity (Wildman–Crippen MR) is 120 cm³/mol. The van der Waals surface area contributed by atoms with E-state index in [0.717, 1.165) is 23.3 Å². The van der Waals surface area contributed by atoms with Crippen molar-refractivity contribution in [3.05, 3.63) is 29.3 Å². The monoisotopic (exact) mass is 492 g/mol. The van der Waals surface area contributed by atoms with Crippen molar-refractivity contribution >= 4 is 35.8 Å². The SMILES string of the molecule is CCCNC(=O)CNC(=NCc1ccc(C)cc1OCCOC)NCC.I. The van der Waals surface area contributed by atoms with Gasteiger partial charge in [0.25, 0.3) is 0 Å². The van der Waals surface area contributed by atoms with E-state index in [9.17, 15) is 4.79 Å². The molecular formula is C19H33IN4O3. The van der Waals surface area contributed by atoms with Crippen molar-refractivity contribution in [1.82, 2.24) is 16.0 Å². The lowest BCUT2D eigenvalue weighted by atomic mass is 10.1. The van der Waals surface area contributed by atoms with Crippen LogP contribution in [0.25, 0.3) is 0 Å². The Hall–Kier alpha value is -1.55. The van der Waals surface area contributed by atoms with Gasteiger partial charge >= 0.3 is 0 Å². The fourth-order valence-electron chi connectivity index (χ4n) is 2.16. The summed E-state index contributed by atoms with van der Waals surface area (Å²) in [6.07, 6.45) is 0.916. The first-order valence-electron chi connectivity index (χ1n) is 9.10. The number of nitrogens with one attached hydrogen (secondary N) is 3. The van der Waals surface area contributed by atoms with Gasteiger partial charge in [-0.3, -0.25) is 4.79 Å². The number of amides is 1. The molecule has 1 aromatic rings. The Morgan fingerprint density at radius 1 is 1.15 bits per heavy atom. The van der Waals surface area contributed by atoms with Gasteiger partial charge in [0.2, 0.25) is 5.91 Å². The second-order valence-corrected chi connectivity index (χ2v) is 5.85. The molecule has 0 spiro atoms. The molecule has 0 unspecified atom stereocenters. The highest BCUT2D eigenvalue weighted by atomic mass is 127. The molecule has 0 saturated carbocycles. The Bertz CT molecular complexity index is 582. The van der Waals surface area contributed by atoms with Crippen LogP contribution in [0.1, 0.15) is 31.4 Å². The van der Waals surface area contributed by atoms with E-state index in [1.807, 2.05) is 39.0 Å². The molecule has 0 heterocycles. The molecule has 0 aliphatic carbocycles. The number of nitrogens with zero attached hydrogens (tertiary/aromatic N) is 1. The van der Waals surface area contributed by atoms with Crippen LogP contribution in [0.15, 0.2) is 23.2 Å². The molecule has 0 aliphatic heterocycles. The van der Waals surface area contributed by atoms with E-state index in [1.165, 1.54) is 0 Å². The molecule has 3 N–H and O–H groups in total. The number of rotatable bonds is 11. The summed E-state index contributed by atoms with van der Waals surface area (Å²) in [5.41, 5.74) is 2.11. The second-order valence-electron chi connectivity index (χ2n) is 5.85. The molecule has 0 aromatic heterocycles. The van der Waals surface area contributed by atoms with Crippen molar-refractivity contribution in [3.63, 3.8) is 0 Å². The van der Waals surface area contributed by atoms with Gasteiger partial charge in [0.05, 0.1) is 19.7 Å². The molecule has 27 heavy (non-hydrogen) atoms. The summed E-state index contributed by atoms with van der Waals surface area (Å²) in [5.74, 6) is 1.36. The molecule has 1 amide bonds. The Morgan fingerprint density at radius 2 is 1.93 bits per heavy atom. The van der Waals surface area contributed by atoms with Gasteiger partial charge in [0.1, 0.15) is 12.4 Å². The zero-order valence-electron chi connectivity index (χ0n) is 16.8. The quantitative estimate of drug-likeness (QED) is 0.191. The normalized spacial score (nSPS) is 10.7. The van der Waals surface area contributed by atoms with Gasteiger partial charge < -0.3 is 25.4 Å². The van der Waals surface area contributed by atoms with Crippen molar-refractivity contribution in [2.75, 3.05) is 40.0 Å². The Balaban J connectivity index is 0.00000676. The number of hydrogen-bond acceptors (Lipinski definition) is 4. The summed E-state index contributed by atoms with van der Waals surface area (Å²) < 4.78 is 10.8. The standard InChI is InChI=1S/C19H32N4O3.HI/c1-5-9-21-18(24)14-23-19(20-6-2)22-13-16-8-7-15(3)12-17(16)26-11-10-25-4;/h7-8,12H,5-6,9-11,13-14H2,1-4H3,(H,21,24)(H2,20,22,23);1H. The number of carbonyl (C=O) groups is 1. The van der Waals surface area contributed by atoms with Gasteiger partial charge in [0.15, 0.2) is 5.96 Å². The first-order chi connectivity index (χ1) is 12.6. The van der Waals surface area contributed by atoms with E-state index in [-0.39, 0.29) is 36.4 Å². The van der Waals surface area contributed by atoms with Gasteiger partial charge in [-0.05, 0) is 31.9 Å². The summed E-state index contributed by atoms with van der Waals surface area (Å²) in [5, 5.41) is 9.03. The van der Waals surface area contributed by atoms with E-state index in [1.54, 1.807) is 7.11 Å². The largest absolute Gasteiger partial charge is 0.491 e. The van der Waals surface area contributed by atoms with Crippen LogP contribution in [0.4, 0.5) is 0 Å². The first kappa shape index (κ1) is 25.4. The molecule has 0 aliphatic rings. The van der Waals surface area contributed by atoms with E-state index >= 15 is 0 Å². The third kappa shape index (κ3) is 11.0. The maximum Gasteiger partial charge on any atom is 0.239 e. The third-order valence-corrected chi connectivity index (χ3v) is 3.51. The minimum atomic E-state index is -0.0450. The molecule has 7 nitrogen and oxygen atoms in total. The predicted octanol–water partition coefficient (Wildman–Crippen LogP) is 2.22. The number of aryl methyl sites for hydroxylation is 1. The lowest BCUT2D eigenvalue weighted by Gasteiger charge is -2.13. The van der Waals surface area contributed by atoms with Crippen LogP contribution < -0.4 is 20.7 Å². The number of ether oxygens (including phenoxy) is 2. The maximum absolute atomic E-state index is 11.7. The van der Waals surface area contributed by atoms with Gasteiger partial charge in [-0.2, -0.15) is 0 Å². The van der Waals surface area contributed by atoms with Crippen molar-refractivity contribution in [2.45, 2.75) is 33.7 Å². The van der Waals surface area contributed by atoms with Crippen LogP contribution in [-0.4, -0.2) is 51.8 Å². The molecular weight excluding hydrogens is 459 g/mol. The molecule has 0 atom stereocenters. The maximum atomic E-state index is 11.7. The van der Waals surface area contributed by atoms with E-state index in [2.05, 4.69) is 20.9 Å². The lowest BCUT2D eigenvalue weighted by Crippen LogP contribution is -2.43. The fraction of sp³-hybridized carbons (Fsp3) is 0.579. The summed E-state index contributed by atoms with van der Waals surface area (Å²) >= 11 is 0. The highest BCUT2D eigenvalue weighted by molar-refractivity contribution is 14.0. The smallest absolute Gasteiger partial charge is 0.239 e. The zero-order valence-corrected chi connectivity index (χ0v) is 19.1. The van der Waals surface area contributed by atoms with Gasteiger partial charge in [-0.1, -0.05) is 19.1 Å². The number of methoxy groups -OCH3 is 1. The highest BCUT2D eigenvalue weighted by Crippen LogP contribution is 2.21. The molecule has 8 heteroatoms. The van der Waals surface area contributed by atoms with Gasteiger partial charge in [0, 0.05) is 25.8 Å². The number of hydrogen-bond donors (Lipinski definition) is 3. The average Bonchev–Trinajstić information content (AvgIpc) is 2.63. The fourth-order valence-corrected chi connectivity index (χ4v) is 2.16. The third-order valence-electron chi connectivity index (χ3n) is 3.51. The van der Waals surface area contributed by atoms with Crippen LogP contribution in [0, 0.1) is 6.92 Å². The number of carbonyl (C=O) groups excluding carboxylic acids is 1. The first-order valence-corrected chi connectivity index (χ1v) is 9.10. The second kappa shape index (κ2) is 15.5. The average molecular weight is 492 g/mol. The molecule has 1 rings (SSSR count). The summed E-state index contributed by atoms with van der Waals surface area (Å²) in [4.78, 5) is 16.3. The molecule has 0 saturated heterocycles. The lowest BCUT2D eigenvalue weighted by molar-refractivity contribution is -0.120. The van der Waals surface area contributed by atoms with Gasteiger partial charge in [-0.15, -0.1) is 24.0 Å². The Morgan fingerprint density at radius 3 is 2.59 bits per heavy atom. The van der Waals surface area contributed by atoms with Crippen LogP contribution in [0.5, 0.6) is 5.75 Å². The van der Waals surface area contributed by atoms with E-state index in [0.29, 0.717) is 38.8 Å². The Labute approximate surface area is 179 Å². The number of benzene rings is 1. The summed E-state index contributed by atoms with van der Waals surface area (Å²) in [7, 11) is 1.65. The minimum Gasteiger partial charge on any atom is -0.491 e. The number of guanidine groups is 1. The number of halogens is 1. The Kier molecular flexibility index (Phi) is 14.6. The van der Waals surface area contributed by atoms with E-state index in [4.69, 9.17) is 9.47 Å². The van der Waals surface area contributed by atoms with Crippen molar-refractivity contribution in [1.29, 1.82) is 0 Å². The topological polar surface area (TPSA) is 84.0 Å². The molecule has 0 bridgehead atoms. The molecule has 1 aromatic carbocycles. The van der Waals surface area contributed by atoms with Crippen LogP contribution in [0.3, 0.4) is 0 Å². The summed E-state index contributed by atoms with van der Waals surface area (Å²) in [6.45, 7) is 9.10. The van der Waals surface area contributed by atoms with Crippen LogP contribution in [0.2, 0.25) is 0 Å². The van der Waals surface area contributed by atoms with Crippen LogP contribution >= 0.6 is 24.0 Å². The minimum absolute atomic E-state index is 0. The molecule has 154 valence electrons. The van der Waals surface area contributed by atoms with Crippen molar-refractivity contribution in [2.24, 2.45) is 4.99 Å². The number of aliphatic imine (C=N–C) groups is 1. The van der Waals surface area contributed by atoms with E-state index < -0.39 is 0 Å². The highest BCUT2D eigenvalue weighted by Gasteiger charge is 2.06. The summed E-state index contributed by atoms with van der Waals surface area (Å²) in [6, 6.07) is 6.05. The molecule has 0 radical (unpaired) electrons. The van der Waals surface area contributed by atoms with Crippen molar-refractivity contribution < 1.29 is 14.3 Å². The van der Waals surface area contributed by atoms with Crippen LogP contribution in [-0.2, 0) is 16.1 Å². The molecule has 0 fully saturated rings. The van der Waals surface area contributed by atoms with Crippen molar-refractivity contribution in [3.8, 4) is 5.75 Å². The van der Waals surface area contributed by atoms with Gasteiger partial charge in [-0.25, -0.2) is 4.99 Å². The zero-order chi connectivity index (χ0) is 19.2.